The number of hydrogen-bond acceptors (Lipinski definition) is 3. The maximum absolute atomic E-state index is 12.9. The van der Waals surface area contributed by atoms with Gasteiger partial charge in [-0.3, -0.25) is 9.59 Å². The van der Waals surface area contributed by atoms with Crippen molar-refractivity contribution >= 4 is 11.8 Å². The molecule has 1 aliphatic rings. The molecule has 6 heteroatoms. The summed E-state index contributed by atoms with van der Waals surface area (Å²) >= 11 is 0. The van der Waals surface area contributed by atoms with E-state index in [1.54, 1.807) is 24.3 Å². The van der Waals surface area contributed by atoms with Gasteiger partial charge < -0.3 is 10.6 Å². The molecule has 1 saturated carbocycles. The summed E-state index contributed by atoms with van der Waals surface area (Å²) in [4.78, 5) is 23.9. The molecule has 2 aromatic carbocycles. The number of halogens is 1. The zero-order chi connectivity index (χ0) is 17.8. The van der Waals surface area contributed by atoms with Crippen molar-refractivity contribution in [3.63, 3.8) is 0 Å². The fourth-order valence-electron chi connectivity index (χ4n) is 2.65. The van der Waals surface area contributed by atoms with Crippen LogP contribution in [0.4, 0.5) is 4.39 Å². The minimum absolute atomic E-state index is 0.0183. The van der Waals surface area contributed by atoms with Crippen molar-refractivity contribution in [1.29, 1.82) is 5.26 Å². The summed E-state index contributed by atoms with van der Waals surface area (Å²) in [6.45, 7) is -0.120. The van der Waals surface area contributed by atoms with Crippen LogP contribution in [0.2, 0.25) is 0 Å². The Morgan fingerprint density at radius 3 is 2.44 bits per heavy atom. The van der Waals surface area contributed by atoms with Gasteiger partial charge in [-0.15, -0.1) is 0 Å². The van der Waals surface area contributed by atoms with E-state index < -0.39 is 0 Å². The number of carbonyl (C=O) groups excluding carboxylic acids is 2. The number of amides is 2. The van der Waals surface area contributed by atoms with Crippen LogP contribution < -0.4 is 10.6 Å². The number of nitrogens with zero attached hydrogens (tertiary/aromatic N) is 1. The van der Waals surface area contributed by atoms with E-state index in [4.69, 9.17) is 5.26 Å². The van der Waals surface area contributed by atoms with Gasteiger partial charge in [-0.2, -0.15) is 5.26 Å². The first kappa shape index (κ1) is 16.7. The maximum Gasteiger partial charge on any atom is 0.251 e. The van der Waals surface area contributed by atoms with Gasteiger partial charge in [-0.05, 0) is 48.4 Å². The van der Waals surface area contributed by atoms with Gasteiger partial charge in [-0.1, -0.05) is 12.1 Å². The molecule has 0 aliphatic heterocycles. The lowest BCUT2D eigenvalue weighted by molar-refractivity contribution is -0.120. The monoisotopic (exact) mass is 337 g/mol. The largest absolute Gasteiger partial charge is 0.351 e. The zero-order valence-corrected chi connectivity index (χ0v) is 13.3. The Balaban J connectivity index is 1.45. The first-order valence-electron chi connectivity index (χ1n) is 7.90. The van der Waals surface area contributed by atoms with E-state index in [2.05, 4.69) is 10.6 Å². The van der Waals surface area contributed by atoms with E-state index >= 15 is 0 Å². The molecule has 126 valence electrons. The van der Waals surface area contributed by atoms with Gasteiger partial charge in [0, 0.05) is 17.5 Å². The molecule has 5 nitrogen and oxygen atoms in total. The van der Waals surface area contributed by atoms with Gasteiger partial charge in [0.2, 0.25) is 5.91 Å². The molecule has 25 heavy (non-hydrogen) atoms. The van der Waals surface area contributed by atoms with Crippen molar-refractivity contribution in [3.05, 3.63) is 71.0 Å². The molecule has 0 heterocycles. The molecule has 2 aromatic rings. The van der Waals surface area contributed by atoms with Crippen LogP contribution in [0.15, 0.2) is 48.5 Å². The molecule has 0 spiro atoms. The minimum atomic E-state index is -0.370. The Kier molecular flexibility index (Phi) is 4.75. The minimum Gasteiger partial charge on any atom is -0.351 e. The number of nitrogens with one attached hydrogen (secondary N) is 2. The molecule has 2 amide bonds. The summed E-state index contributed by atoms with van der Waals surface area (Å²) in [5, 5.41) is 14.1. The average Bonchev–Trinajstić information content (AvgIpc) is 3.39. The third-order valence-corrected chi connectivity index (χ3v) is 4.12. The molecule has 0 saturated heterocycles. The lowest BCUT2D eigenvalue weighted by atomic mass is 10.1. The van der Waals surface area contributed by atoms with Crippen LogP contribution in [0, 0.1) is 17.1 Å². The number of nitriles is 1. The second kappa shape index (κ2) is 7.14. The summed E-state index contributed by atoms with van der Waals surface area (Å²) in [7, 11) is 0. The van der Waals surface area contributed by atoms with Gasteiger partial charge in [-0.25, -0.2) is 4.39 Å². The van der Waals surface area contributed by atoms with Gasteiger partial charge in [0.05, 0.1) is 18.2 Å². The summed E-state index contributed by atoms with van der Waals surface area (Å²) in [6.07, 6.45) is 0.806. The highest BCUT2D eigenvalue weighted by molar-refractivity contribution is 5.96. The fourth-order valence-corrected chi connectivity index (χ4v) is 2.65. The first-order chi connectivity index (χ1) is 12.1. The van der Waals surface area contributed by atoms with Gasteiger partial charge in [0.25, 0.3) is 5.91 Å². The zero-order valence-electron chi connectivity index (χ0n) is 13.3. The highest BCUT2D eigenvalue weighted by atomic mass is 19.1. The van der Waals surface area contributed by atoms with E-state index in [-0.39, 0.29) is 36.1 Å². The van der Waals surface area contributed by atoms with Crippen LogP contribution in [-0.2, 0) is 4.79 Å². The molecule has 2 N–H and O–H groups in total. The fraction of sp³-hybridized carbons (Fsp3) is 0.211. The van der Waals surface area contributed by atoms with Crippen LogP contribution in [-0.4, -0.2) is 24.4 Å². The molecular formula is C19H16FN3O2. The number of rotatable bonds is 5. The first-order valence-corrected chi connectivity index (χ1v) is 7.90. The van der Waals surface area contributed by atoms with E-state index in [0.29, 0.717) is 11.1 Å². The molecule has 0 aromatic heterocycles. The van der Waals surface area contributed by atoms with Crippen molar-refractivity contribution in [3.8, 4) is 6.07 Å². The lowest BCUT2D eigenvalue weighted by Crippen LogP contribution is -2.38. The third-order valence-electron chi connectivity index (χ3n) is 4.12. The predicted molar refractivity (Wildman–Crippen MR) is 89.2 cm³/mol. The number of carbonyl (C=O) groups is 2. The van der Waals surface area contributed by atoms with Crippen LogP contribution in [0.1, 0.15) is 33.8 Å². The SMILES string of the molecule is N#Cc1ccc(C(=O)NCC(=O)N[C@H]2C[C@H]2c2ccc(F)cc2)cc1. The normalized spacial score (nSPS) is 18.1. The summed E-state index contributed by atoms with van der Waals surface area (Å²) in [5.41, 5.74) is 1.85. The average molecular weight is 337 g/mol. The lowest BCUT2D eigenvalue weighted by Gasteiger charge is -2.07. The van der Waals surface area contributed by atoms with Gasteiger partial charge >= 0.3 is 0 Å². The van der Waals surface area contributed by atoms with Gasteiger partial charge in [0.15, 0.2) is 0 Å². The molecule has 2 atom stereocenters. The highest BCUT2D eigenvalue weighted by Crippen LogP contribution is 2.40. The highest BCUT2D eigenvalue weighted by Gasteiger charge is 2.39. The van der Waals surface area contributed by atoms with Crippen molar-refractivity contribution in [2.75, 3.05) is 6.54 Å². The van der Waals surface area contributed by atoms with Crippen LogP contribution in [0.3, 0.4) is 0 Å². The van der Waals surface area contributed by atoms with E-state index in [0.717, 1.165) is 12.0 Å². The molecule has 0 radical (unpaired) electrons. The smallest absolute Gasteiger partial charge is 0.251 e. The number of hydrogen-bond donors (Lipinski definition) is 2. The molecule has 1 aliphatic carbocycles. The summed E-state index contributed by atoms with van der Waals surface area (Å²) < 4.78 is 12.9. The summed E-state index contributed by atoms with van der Waals surface area (Å²) in [6, 6.07) is 14.4. The second-order valence-corrected chi connectivity index (χ2v) is 5.94. The third kappa shape index (κ3) is 4.21. The van der Waals surface area contributed by atoms with Crippen molar-refractivity contribution in [2.45, 2.75) is 18.4 Å². The Morgan fingerprint density at radius 2 is 1.80 bits per heavy atom. The van der Waals surface area contributed by atoms with Gasteiger partial charge in [0.1, 0.15) is 5.82 Å². The molecular weight excluding hydrogens is 321 g/mol. The maximum atomic E-state index is 12.9. The Labute approximate surface area is 144 Å². The van der Waals surface area contributed by atoms with Crippen LogP contribution in [0.5, 0.6) is 0 Å². The quantitative estimate of drug-likeness (QED) is 0.876. The molecule has 0 unspecified atom stereocenters. The Morgan fingerprint density at radius 1 is 1.12 bits per heavy atom. The predicted octanol–water partition coefficient (Wildman–Crippen LogP) is 2.10. The Bertz CT molecular complexity index is 825. The van der Waals surface area contributed by atoms with Crippen molar-refractivity contribution in [1.82, 2.24) is 10.6 Å². The van der Waals surface area contributed by atoms with Crippen molar-refractivity contribution < 1.29 is 14.0 Å². The summed E-state index contributed by atoms with van der Waals surface area (Å²) in [5.74, 6) is -0.726. The van der Waals surface area contributed by atoms with Crippen molar-refractivity contribution in [2.24, 2.45) is 0 Å². The number of benzene rings is 2. The molecule has 1 fully saturated rings. The van der Waals surface area contributed by atoms with Crippen LogP contribution in [0.25, 0.3) is 0 Å². The topological polar surface area (TPSA) is 82.0 Å². The van der Waals surface area contributed by atoms with Crippen LogP contribution >= 0.6 is 0 Å². The Hall–Kier alpha value is -3.20. The standard InChI is InChI=1S/C19H16FN3O2/c20-15-7-5-13(6-8-15)16-9-17(16)23-18(24)11-22-19(25)14-3-1-12(10-21)2-4-14/h1-8,16-17H,9,11H2,(H,22,25)(H,23,24)/t16-,17-/m0/s1. The van der Waals surface area contributed by atoms with E-state index in [1.165, 1.54) is 24.3 Å². The molecule has 3 rings (SSSR count). The molecule has 0 bridgehead atoms. The van der Waals surface area contributed by atoms with E-state index in [9.17, 15) is 14.0 Å². The second-order valence-electron chi connectivity index (χ2n) is 5.94. The van der Waals surface area contributed by atoms with E-state index in [1.807, 2.05) is 6.07 Å².